The number of thioether (sulfide) groups is 1. The van der Waals surface area contributed by atoms with Crippen LogP contribution in [0.4, 0.5) is 5.69 Å². The Bertz CT molecular complexity index is 1420. The number of hydrogen-bond donors (Lipinski definition) is 1. The normalized spacial score (nSPS) is 10.9. The van der Waals surface area contributed by atoms with E-state index in [1.807, 2.05) is 30.3 Å². The van der Waals surface area contributed by atoms with E-state index in [1.165, 1.54) is 17.3 Å². The standard InChI is InChI=1S/C26H21N5O2S/c1-33-22-13-11-21(12-14-22)27-25(32)17-34-26-29-28-24-16-15-23(30-31(24)26)20-9-7-19(8-10-20)18-5-3-2-4-6-18/h2-16H,17H2,1H3,(H,27,32). The first-order valence-electron chi connectivity index (χ1n) is 10.6. The van der Waals surface area contributed by atoms with E-state index in [9.17, 15) is 4.79 Å². The van der Waals surface area contributed by atoms with Gasteiger partial charge in [-0.05, 0) is 47.5 Å². The van der Waals surface area contributed by atoms with Crippen molar-refractivity contribution in [2.24, 2.45) is 0 Å². The molecule has 1 N–H and O–H groups in total. The fourth-order valence-electron chi connectivity index (χ4n) is 3.48. The van der Waals surface area contributed by atoms with E-state index in [-0.39, 0.29) is 11.7 Å². The minimum atomic E-state index is -0.139. The van der Waals surface area contributed by atoms with Gasteiger partial charge in [0.25, 0.3) is 0 Å². The Labute approximate surface area is 200 Å². The van der Waals surface area contributed by atoms with E-state index in [1.54, 1.807) is 35.9 Å². The molecule has 0 bridgehead atoms. The van der Waals surface area contributed by atoms with E-state index >= 15 is 0 Å². The van der Waals surface area contributed by atoms with Crippen molar-refractivity contribution in [3.8, 4) is 28.1 Å². The largest absolute Gasteiger partial charge is 0.497 e. The number of methoxy groups -OCH3 is 1. The van der Waals surface area contributed by atoms with Crippen molar-refractivity contribution < 1.29 is 9.53 Å². The molecule has 168 valence electrons. The SMILES string of the molecule is COc1ccc(NC(=O)CSc2nnc3ccc(-c4ccc(-c5ccccc5)cc4)nn23)cc1. The predicted molar refractivity (Wildman–Crippen MR) is 134 cm³/mol. The first kappa shape index (κ1) is 21.7. The number of carbonyl (C=O) groups is 1. The second kappa shape index (κ2) is 9.76. The first-order valence-corrected chi connectivity index (χ1v) is 11.6. The van der Waals surface area contributed by atoms with Gasteiger partial charge in [-0.2, -0.15) is 9.61 Å². The van der Waals surface area contributed by atoms with Crippen molar-refractivity contribution >= 4 is 29.0 Å². The smallest absolute Gasteiger partial charge is 0.234 e. The number of nitrogens with one attached hydrogen (secondary N) is 1. The Hall–Kier alpha value is -4.17. The third-order valence-electron chi connectivity index (χ3n) is 5.23. The van der Waals surface area contributed by atoms with Gasteiger partial charge in [-0.3, -0.25) is 4.79 Å². The third-order valence-corrected chi connectivity index (χ3v) is 6.15. The molecule has 5 rings (SSSR count). The Morgan fingerprint density at radius 2 is 1.56 bits per heavy atom. The van der Waals surface area contributed by atoms with Crippen LogP contribution in [0.5, 0.6) is 5.75 Å². The Morgan fingerprint density at radius 3 is 2.29 bits per heavy atom. The minimum Gasteiger partial charge on any atom is -0.497 e. The van der Waals surface area contributed by atoms with Gasteiger partial charge in [-0.1, -0.05) is 66.4 Å². The van der Waals surface area contributed by atoms with Crippen molar-refractivity contribution in [3.63, 3.8) is 0 Å². The van der Waals surface area contributed by atoms with Gasteiger partial charge in [0.2, 0.25) is 11.1 Å². The van der Waals surface area contributed by atoms with Crippen LogP contribution in [0, 0.1) is 0 Å². The predicted octanol–water partition coefficient (Wildman–Crippen LogP) is 5.20. The van der Waals surface area contributed by atoms with Gasteiger partial charge >= 0.3 is 0 Å². The molecule has 0 aliphatic rings. The van der Waals surface area contributed by atoms with Crippen LogP contribution in [-0.2, 0) is 4.79 Å². The molecule has 34 heavy (non-hydrogen) atoms. The Morgan fingerprint density at radius 1 is 0.853 bits per heavy atom. The van der Waals surface area contributed by atoms with Gasteiger partial charge in [-0.25, -0.2) is 0 Å². The van der Waals surface area contributed by atoms with Gasteiger partial charge < -0.3 is 10.1 Å². The lowest BCUT2D eigenvalue weighted by atomic mass is 10.0. The lowest BCUT2D eigenvalue weighted by Crippen LogP contribution is -2.14. The second-order valence-corrected chi connectivity index (χ2v) is 8.42. The van der Waals surface area contributed by atoms with Crippen molar-refractivity contribution in [2.45, 2.75) is 5.16 Å². The number of carbonyl (C=O) groups excluding carboxylic acids is 1. The quantitative estimate of drug-likeness (QED) is 0.332. The number of benzene rings is 3. The summed E-state index contributed by atoms with van der Waals surface area (Å²) < 4.78 is 6.81. The van der Waals surface area contributed by atoms with Crippen LogP contribution < -0.4 is 10.1 Å². The van der Waals surface area contributed by atoms with Crippen LogP contribution in [-0.4, -0.2) is 38.6 Å². The van der Waals surface area contributed by atoms with Crippen LogP contribution in [0.1, 0.15) is 0 Å². The summed E-state index contributed by atoms with van der Waals surface area (Å²) >= 11 is 1.29. The third kappa shape index (κ3) is 4.77. The zero-order valence-corrected chi connectivity index (χ0v) is 19.2. The molecule has 0 radical (unpaired) electrons. The molecule has 0 aliphatic carbocycles. The van der Waals surface area contributed by atoms with E-state index < -0.39 is 0 Å². The maximum absolute atomic E-state index is 12.4. The number of ether oxygens (including phenoxy) is 1. The fourth-order valence-corrected chi connectivity index (χ4v) is 4.17. The summed E-state index contributed by atoms with van der Waals surface area (Å²) in [5.74, 6) is 0.781. The van der Waals surface area contributed by atoms with Crippen LogP contribution in [0.2, 0.25) is 0 Å². The highest BCUT2D eigenvalue weighted by molar-refractivity contribution is 7.99. The van der Waals surface area contributed by atoms with Crippen LogP contribution in [0.25, 0.3) is 28.0 Å². The summed E-state index contributed by atoms with van der Waals surface area (Å²) in [6, 6.07) is 29.5. The average molecular weight is 468 g/mol. The van der Waals surface area contributed by atoms with Crippen molar-refractivity contribution in [1.29, 1.82) is 0 Å². The molecule has 5 aromatic rings. The molecule has 0 spiro atoms. The van der Waals surface area contributed by atoms with Crippen LogP contribution in [0.15, 0.2) is 96.2 Å². The van der Waals surface area contributed by atoms with E-state index in [0.29, 0.717) is 16.5 Å². The summed E-state index contributed by atoms with van der Waals surface area (Å²) in [7, 11) is 1.60. The number of aromatic nitrogens is 4. The highest BCUT2D eigenvalue weighted by atomic mass is 32.2. The van der Waals surface area contributed by atoms with Crippen molar-refractivity contribution in [3.05, 3.63) is 91.0 Å². The molecule has 0 saturated heterocycles. The topological polar surface area (TPSA) is 81.4 Å². The minimum absolute atomic E-state index is 0.139. The summed E-state index contributed by atoms with van der Waals surface area (Å²) in [4.78, 5) is 12.4. The molecular formula is C26H21N5O2S. The number of fused-ring (bicyclic) bond motifs is 1. The summed E-state index contributed by atoms with van der Waals surface area (Å²) in [5, 5.41) is 16.5. The van der Waals surface area contributed by atoms with Crippen LogP contribution >= 0.6 is 11.8 Å². The molecule has 7 nitrogen and oxygen atoms in total. The molecular weight excluding hydrogens is 446 g/mol. The second-order valence-electron chi connectivity index (χ2n) is 7.48. The van der Waals surface area contributed by atoms with Crippen molar-refractivity contribution in [2.75, 3.05) is 18.2 Å². The van der Waals surface area contributed by atoms with Gasteiger partial charge in [0.05, 0.1) is 18.6 Å². The van der Waals surface area contributed by atoms with E-state index in [0.717, 1.165) is 22.6 Å². The van der Waals surface area contributed by atoms with Crippen LogP contribution in [0.3, 0.4) is 0 Å². The Kier molecular flexibility index (Phi) is 6.22. The summed E-state index contributed by atoms with van der Waals surface area (Å²) in [6.07, 6.45) is 0. The van der Waals surface area contributed by atoms with Crippen molar-refractivity contribution in [1.82, 2.24) is 19.8 Å². The molecule has 0 atom stereocenters. The molecule has 8 heteroatoms. The molecule has 0 aliphatic heterocycles. The molecule has 1 amide bonds. The molecule has 0 unspecified atom stereocenters. The average Bonchev–Trinajstić information content (AvgIpc) is 3.31. The molecule has 2 heterocycles. The molecule has 3 aromatic carbocycles. The number of nitrogens with zero attached hydrogens (tertiary/aromatic N) is 4. The number of rotatable bonds is 7. The molecule has 2 aromatic heterocycles. The van der Waals surface area contributed by atoms with Gasteiger partial charge in [0.1, 0.15) is 5.75 Å². The summed E-state index contributed by atoms with van der Waals surface area (Å²) in [6.45, 7) is 0. The monoisotopic (exact) mass is 467 g/mol. The number of amides is 1. The lowest BCUT2D eigenvalue weighted by molar-refractivity contribution is -0.113. The zero-order valence-electron chi connectivity index (χ0n) is 18.4. The fraction of sp³-hybridized carbons (Fsp3) is 0.0769. The van der Waals surface area contributed by atoms with Gasteiger partial charge in [0.15, 0.2) is 5.65 Å². The molecule has 0 saturated carbocycles. The van der Waals surface area contributed by atoms with E-state index in [2.05, 4.69) is 51.9 Å². The first-order chi connectivity index (χ1) is 16.7. The summed E-state index contributed by atoms with van der Waals surface area (Å²) in [5.41, 5.74) is 5.44. The highest BCUT2D eigenvalue weighted by Crippen LogP contribution is 2.25. The zero-order chi connectivity index (χ0) is 23.3. The number of hydrogen-bond acceptors (Lipinski definition) is 6. The maximum Gasteiger partial charge on any atom is 0.234 e. The number of anilines is 1. The maximum atomic E-state index is 12.4. The highest BCUT2D eigenvalue weighted by Gasteiger charge is 2.12. The van der Waals surface area contributed by atoms with Gasteiger partial charge in [0, 0.05) is 11.3 Å². The Balaban J connectivity index is 1.29. The lowest BCUT2D eigenvalue weighted by Gasteiger charge is -2.06. The van der Waals surface area contributed by atoms with E-state index in [4.69, 9.17) is 9.84 Å². The molecule has 0 fully saturated rings. The van der Waals surface area contributed by atoms with Gasteiger partial charge in [-0.15, -0.1) is 10.2 Å².